The first-order valence-corrected chi connectivity index (χ1v) is 9.59. The Morgan fingerprint density at radius 2 is 1.89 bits per heavy atom. The zero-order valence-corrected chi connectivity index (χ0v) is 15.9. The van der Waals surface area contributed by atoms with Crippen LogP contribution in [-0.4, -0.2) is 36.5 Å². The molecule has 140 valence electrons. The SMILES string of the molecule is Cc1ccccc1C1CCCN1C(=O)c1ccc(C)c(N2CCNC2=O)c1. The van der Waals surface area contributed by atoms with Crippen molar-refractivity contribution in [3.63, 3.8) is 0 Å². The van der Waals surface area contributed by atoms with Gasteiger partial charge in [0, 0.05) is 30.9 Å². The number of nitrogens with zero attached hydrogens (tertiary/aromatic N) is 2. The van der Waals surface area contributed by atoms with Gasteiger partial charge in [-0.2, -0.15) is 0 Å². The molecule has 3 amide bonds. The van der Waals surface area contributed by atoms with Crippen molar-refractivity contribution in [2.75, 3.05) is 24.5 Å². The fourth-order valence-corrected chi connectivity index (χ4v) is 4.19. The van der Waals surface area contributed by atoms with E-state index in [1.807, 2.05) is 42.2 Å². The summed E-state index contributed by atoms with van der Waals surface area (Å²) in [6, 6.07) is 14.0. The van der Waals surface area contributed by atoms with E-state index in [2.05, 4.69) is 24.4 Å². The molecule has 0 aromatic heterocycles. The van der Waals surface area contributed by atoms with Crippen LogP contribution in [0.3, 0.4) is 0 Å². The second-order valence-electron chi connectivity index (χ2n) is 7.40. The summed E-state index contributed by atoms with van der Waals surface area (Å²) < 4.78 is 0. The molecule has 0 spiro atoms. The number of hydrogen-bond donors (Lipinski definition) is 1. The van der Waals surface area contributed by atoms with Crippen LogP contribution >= 0.6 is 0 Å². The number of urea groups is 1. The van der Waals surface area contributed by atoms with E-state index in [0.717, 1.165) is 30.6 Å². The van der Waals surface area contributed by atoms with Gasteiger partial charge in [0.15, 0.2) is 0 Å². The van der Waals surface area contributed by atoms with Gasteiger partial charge in [-0.15, -0.1) is 0 Å². The second-order valence-corrected chi connectivity index (χ2v) is 7.40. The summed E-state index contributed by atoms with van der Waals surface area (Å²) in [6.07, 6.45) is 2.00. The van der Waals surface area contributed by atoms with Crippen LogP contribution in [-0.2, 0) is 0 Å². The number of anilines is 1. The fraction of sp³-hybridized carbons (Fsp3) is 0.364. The van der Waals surface area contributed by atoms with E-state index in [1.54, 1.807) is 4.90 Å². The summed E-state index contributed by atoms with van der Waals surface area (Å²) >= 11 is 0. The Kier molecular flexibility index (Phi) is 4.60. The monoisotopic (exact) mass is 363 g/mol. The van der Waals surface area contributed by atoms with E-state index >= 15 is 0 Å². The Labute approximate surface area is 160 Å². The zero-order valence-electron chi connectivity index (χ0n) is 15.9. The molecule has 0 aliphatic carbocycles. The van der Waals surface area contributed by atoms with Crippen molar-refractivity contribution in [1.82, 2.24) is 10.2 Å². The molecule has 0 bridgehead atoms. The minimum atomic E-state index is -0.0957. The number of amides is 3. The Hall–Kier alpha value is -2.82. The highest BCUT2D eigenvalue weighted by molar-refractivity contribution is 5.99. The standard InChI is InChI=1S/C22H25N3O2/c1-15-6-3-4-7-18(15)19-8-5-12-24(19)21(26)17-10-9-16(2)20(14-17)25-13-11-23-22(25)27/h3-4,6-7,9-10,14,19H,5,8,11-13H2,1-2H3,(H,23,27). The van der Waals surface area contributed by atoms with Crippen molar-refractivity contribution in [2.24, 2.45) is 0 Å². The van der Waals surface area contributed by atoms with Gasteiger partial charge in [0.05, 0.1) is 6.04 Å². The molecule has 0 radical (unpaired) electrons. The van der Waals surface area contributed by atoms with Crippen LogP contribution in [0.2, 0.25) is 0 Å². The number of likely N-dealkylation sites (tertiary alicyclic amines) is 1. The molecule has 4 rings (SSSR count). The van der Waals surface area contributed by atoms with Crippen LogP contribution in [0, 0.1) is 13.8 Å². The lowest BCUT2D eigenvalue weighted by Crippen LogP contribution is -2.32. The lowest BCUT2D eigenvalue weighted by Gasteiger charge is -2.27. The molecule has 0 saturated carbocycles. The fourth-order valence-electron chi connectivity index (χ4n) is 4.19. The molecule has 1 unspecified atom stereocenters. The van der Waals surface area contributed by atoms with Crippen molar-refractivity contribution < 1.29 is 9.59 Å². The van der Waals surface area contributed by atoms with Crippen molar-refractivity contribution >= 4 is 17.6 Å². The number of carbonyl (C=O) groups excluding carboxylic acids is 2. The van der Waals surface area contributed by atoms with E-state index in [-0.39, 0.29) is 18.0 Å². The number of carbonyl (C=O) groups is 2. The highest BCUT2D eigenvalue weighted by Gasteiger charge is 2.32. The smallest absolute Gasteiger partial charge is 0.322 e. The first kappa shape index (κ1) is 17.6. The number of benzene rings is 2. The summed E-state index contributed by atoms with van der Waals surface area (Å²) in [5.41, 5.74) is 4.92. The molecule has 1 N–H and O–H groups in total. The second kappa shape index (κ2) is 7.06. The van der Waals surface area contributed by atoms with Crippen molar-refractivity contribution in [3.05, 3.63) is 64.7 Å². The first-order chi connectivity index (χ1) is 13.1. The van der Waals surface area contributed by atoms with Crippen LogP contribution in [0.4, 0.5) is 10.5 Å². The van der Waals surface area contributed by atoms with Gasteiger partial charge in [0.1, 0.15) is 0 Å². The molecule has 2 fully saturated rings. The zero-order chi connectivity index (χ0) is 19.0. The van der Waals surface area contributed by atoms with E-state index in [0.29, 0.717) is 18.7 Å². The quantitative estimate of drug-likeness (QED) is 0.901. The molecule has 27 heavy (non-hydrogen) atoms. The number of hydrogen-bond acceptors (Lipinski definition) is 2. The van der Waals surface area contributed by atoms with Gasteiger partial charge < -0.3 is 10.2 Å². The minimum absolute atomic E-state index is 0.0432. The van der Waals surface area contributed by atoms with E-state index < -0.39 is 0 Å². The van der Waals surface area contributed by atoms with E-state index in [1.165, 1.54) is 11.1 Å². The summed E-state index contributed by atoms with van der Waals surface area (Å²) in [5, 5.41) is 2.83. The lowest BCUT2D eigenvalue weighted by molar-refractivity contribution is 0.0735. The third-order valence-electron chi connectivity index (χ3n) is 5.66. The summed E-state index contributed by atoms with van der Waals surface area (Å²) in [4.78, 5) is 29.1. The third kappa shape index (κ3) is 3.18. The van der Waals surface area contributed by atoms with Gasteiger partial charge in [0.2, 0.25) is 0 Å². The highest BCUT2D eigenvalue weighted by atomic mass is 16.2. The molecular weight excluding hydrogens is 338 g/mol. The summed E-state index contributed by atoms with van der Waals surface area (Å²) in [5.74, 6) is 0.0432. The van der Waals surface area contributed by atoms with Gasteiger partial charge in [0.25, 0.3) is 5.91 Å². The van der Waals surface area contributed by atoms with Crippen LogP contribution in [0.25, 0.3) is 0 Å². The summed E-state index contributed by atoms with van der Waals surface area (Å²) in [7, 11) is 0. The van der Waals surface area contributed by atoms with Crippen LogP contribution in [0.1, 0.15) is 45.9 Å². The van der Waals surface area contributed by atoms with Crippen LogP contribution in [0.15, 0.2) is 42.5 Å². The molecule has 2 aliphatic heterocycles. The lowest BCUT2D eigenvalue weighted by atomic mass is 9.99. The van der Waals surface area contributed by atoms with Gasteiger partial charge in [-0.1, -0.05) is 30.3 Å². The topological polar surface area (TPSA) is 52.7 Å². The van der Waals surface area contributed by atoms with Gasteiger partial charge in [-0.25, -0.2) is 4.79 Å². The molecule has 5 heteroatoms. The molecule has 2 aliphatic rings. The number of nitrogens with one attached hydrogen (secondary N) is 1. The van der Waals surface area contributed by atoms with Crippen LogP contribution < -0.4 is 10.2 Å². The maximum Gasteiger partial charge on any atom is 0.322 e. The first-order valence-electron chi connectivity index (χ1n) is 9.59. The molecular formula is C22H25N3O2. The van der Waals surface area contributed by atoms with Crippen molar-refractivity contribution in [2.45, 2.75) is 32.7 Å². The molecule has 2 saturated heterocycles. The molecule has 5 nitrogen and oxygen atoms in total. The normalized spacial score (nSPS) is 19.5. The van der Waals surface area contributed by atoms with Crippen LogP contribution in [0.5, 0.6) is 0 Å². The predicted molar refractivity (Wildman–Crippen MR) is 106 cm³/mol. The molecule has 1 atom stereocenters. The third-order valence-corrected chi connectivity index (χ3v) is 5.66. The maximum absolute atomic E-state index is 13.3. The van der Waals surface area contributed by atoms with Gasteiger partial charge in [-0.3, -0.25) is 9.69 Å². The summed E-state index contributed by atoms with van der Waals surface area (Å²) in [6.45, 7) is 6.11. The average Bonchev–Trinajstić information content (AvgIpc) is 3.31. The number of rotatable bonds is 3. The molecule has 2 aromatic carbocycles. The Balaban J connectivity index is 1.64. The number of aryl methyl sites for hydroxylation is 2. The van der Waals surface area contributed by atoms with Gasteiger partial charge >= 0.3 is 6.03 Å². The molecule has 2 heterocycles. The average molecular weight is 363 g/mol. The Morgan fingerprint density at radius 1 is 1.07 bits per heavy atom. The Bertz CT molecular complexity index is 893. The largest absolute Gasteiger partial charge is 0.336 e. The van der Waals surface area contributed by atoms with Gasteiger partial charge in [-0.05, 0) is 55.5 Å². The highest BCUT2D eigenvalue weighted by Crippen LogP contribution is 2.35. The minimum Gasteiger partial charge on any atom is -0.336 e. The van der Waals surface area contributed by atoms with E-state index in [4.69, 9.17) is 0 Å². The van der Waals surface area contributed by atoms with E-state index in [9.17, 15) is 9.59 Å². The van der Waals surface area contributed by atoms with Crippen molar-refractivity contribution in [1.29, 1.82) is 0 Å². The maximum atomic E-state index is 13.3. The molecule has 2 aromatic rings. The predicted octanol–water partition coefficient (Wildman–Crippen LogP) is 3.81. The Morgan fingerprint density at radius 3 is 2.63 bits per heavy atom. The van der Waals surface area contributed by atoms with Crippen molar-refractivity contribution in [3.8, 4) is 0 Å².